The lowest BCUT2D eigenvalue weighted by Crippen LogP contribution is -2.60. The van der Waals surface area contributed by atoms with Gasteiger partial charge in [-0.3, -0.25) is 14.4 Å². The number of nitrogens with zero attached hydrogens (tertiary/aromatic N) is 2. The lowest BCUT2D eigenvalue weighted by atomic mass is 10.1. The molecule has 164 valence electrons. The van der Waals surface area contributed by atoms with Gasteiger partial charge < -0.3 is 15.1 Å². The maximum absolute atomic E-state index is 13.1. The second kappa shape index (κ2) is 10.7. The van der Waals surface area contributed by atoms with Gasteiger partial charge in [0.2, 0.25) is 5.91 Å². The second-order valence-electron chi connectivity index (χ2n) is 7.66. The molecule has 7 heteroatoms. The number of halogens is 1. The maximum atomic E-state index is 13.1. The Bertz CT molecular complexity index is 902. The van der Waals surface area contributed by atoms with Crippen LogP contribution in [-0.4, -0.2) is 53.2 Å². The minimum absolute atomic E-state index is 0.233. The molecule has 2 aromatic rings. The van der Waals surface area contributed by atoms with Crippen molar-refractivity contribution in [3.63, 3.8) is 0 Å². The molecule has 3 amide bonds. The predicted molar refractivity (Wildman–Crippen MR) is 115 cm³/mol. The first-order chi connectivity index (χ1) is 15.0. The molecule has 1 atom stereocenters. The fourth-order valence-electron chi connectivity index (χ4n) is 3.76. The summed E-state index contributed by atoms with van der Waals surface area (Å²) in [5.41, 5.74) is 1.96. The third-order valence-electron chi connectivity index (χ3n) is 5.48. The lowest BCUT2D eigenvalue weighted by molar-refractivity contribution is -0.159. The number of carbonyl (C=O) groups is 3. The zero-order valence-electron chi connectivity index (χ0n) is 17.7. The number of hydrogen-bond donors (Lipinski definition) is 1. The summed E-state index contributed by atoms with van der Waals surface area (Å²) in [7, 11) is 0. The van der Waals surface area contributed by atoms with Gasteiger partial charge in [0.1, 0.15) is 11.9 Å². The predicted octanol–water partition coefficient (Wildman–Crippen LogP) is 2.52. The van der Waals surface area contributed by atoms with Gasteiger partial charge in [0.25, 0.3) is 0 Å². The van der Waals surface area contributed by atoms with Gasteiger partial charge in [-0.05, 0) is 42.5 Å². The number of amides is 3. The molecule has 0 radical (unpaired) electrons. The van der Waals surface area contributed by atoms with E-state index in [-0.39, 0.29) is 18.3 Å². The summed E-state index contributed by atoms with van der Waals surface area (Å²) in [5, 5.41) is 2.90. The van der Waals surface area contributed by atoms with Gasteiger partial charge in [0.15, 0.2) is 0 Å². The molecule has 0 aromatic heterocycles. The summed E-state index contributed by atoms with van der Waals surface area (Å²) in [4.78, 5) is 40.8. The van der Waals surface area contributed by atoms with Gasteiger partial charge in [0, 0.05) is 26.2 Å². The molecule has 1 heterocycles. The Kier molecular flexibility index (Phi) is 7.76. The fourth-order valence-corrected chi connectivity index (χ4v) is 3.76. The van der Waals surface area contributed by atoms with Crippen LogP contribution in [0.4, 0.5) is 4.39 Å². The number of nitrogens with one attached hydrogen (secondary N) is 1. The van der Waals surface area contributed by atoms with E-state index in [0.717, 1.165) is 18.4 Å². The molecule has 31 heavy (non-hydrogen) atoms. The molecule has 1 aliphatic heterocycles. The number of rotatable bonds is 9. The van der Waals surface area contributed by atoms with Crippen LogP contribution in [-0.2, 0) is 27.3 Å². The van der Waals surface area contributed by atoms with Gasteiger partial charge in [0.05, 0.1) is 0 Å². The van der Waals surface area contributed by atoms with Crippen molar-refractivity contribution in [2.75, 3.05) is 19.6 Å². The van der Waals surface area contributed by atoms with Gasteiger partial charge in [-0.1, -0.05) is 49.4 Å². The van der Waals surface area contributed by atoms with Crippen LogP contribution in [0.3, 0.4) is 0 Å². The molecule has 0 bridgehead atoms. The van der Waals surface area contributed by atoms with Crippen LogP contribution in [0.5, 0.6) is 0 Å². The molecule has 0 saturated carbocycles. The van der Waals surface area contributed by atoms with Crippen molar-refractivity contribution < 1.29 is 18.8 Å². The summed E-state index contributed by atoms with van der Waals surface area (Å²) in [6.45, 7) is 3.20. The normalized spacial score (nSPS) is 15.2. The van der Waals surface area contributed by atoms with E-state index in [1.54, 1.807) is 12.1 Å². The van der Waals surface area contributed by atoms with E-state index in [2.05, 4.69) is 5.32 Å². The first-order valence-corrected chi connectivity index (χ1v) is 10.7. The zero-order chi connectivity index (χ0) is 22.2. The van der Waals surface area contributed by atoms with Gasteiger partial charge >= 0.3 is 11.8 Å². The Morgan fingerprint density at radius 3 is 2.39 bits per heavy atom. The Morgan fingerprint density at radius 2 is 1.71 bits per heavy atom. The Labute approximate surface area is 182 Å². The van der Waals surface area contributed by atoms with Crippen molar-refractivity contribution >= 4 is 17.7 Å². The van der Waals surface area contributed by atoms with E-state index in [9.17, 15) is 18.8 Å². The van der Waals surface area contributed by atoms with Crippen molar-refractivity contribution in [2.24, 2.45) is 0 Å². The second-order valence-corrected chi connectivity index (χ2v) is 7.66. The van der Waals surface area contributed by atoms with Gasteiger partial charge in [-0.25, -0.2) is 4.39 Å². The molecular weight excluding hydrogens is 397 g/mol. The molecule has 1 aliphatic rings. The van der Waals surface area contributed by atoms with Crippen molar-refractivity contribution in [1.29, 1.82) is 0 Å². The smallest absolute Gasteiger partial charge is 0.312 e. The first-order valence-electron chi connectivity index (χ1n) is 10.7. The zero-order valence-corrected chi connectivity index (χ0v) is 17.7. The highest BCUT2D eigenvalue weighted by Gasteiger charge is 2.38. The number of aryl methyl sites for hydroxylation is 1. The van der Waals surface area contributed by atoms with Crippen LogP contribution in [0.15, 0.2) is 54.6 Å². The van der Waals surface area contributed by atoms with E-state index in [0.29, 0.717) is 26.1 Å². The Morgan fingerprint density at radius 1 is 1.00 bits per heavy atom. The molecule has 0 aliphatic carbocycles. The average Bonchev–Trinajstić information content (AvgIpc) is 2.78. The molecule has 6 nitrogen and oxygen atoms in total. The van der Waals surface area contributed by atoms with E-state index in [4.69, 9.17) is 0 Å². The lowest BCUT2D eigenvalue weighted by Gasteiger charge is -2.37. The number of benzene rings is 2. The molecule has 1 saturated heterocycles. The van der Waals surface area contributed by atoms with E-state index in [1.165, 1.54) is 27.5 Å². The van der Waals surface area contributed by atoms with Crippen LogP contribution >= 0.6 is 0 Å². The summed E-state index contributed by atoms with van der Waals surface area (Å²) in [6.07, 6.45) is 2.09. The molecule has 2 aromatic carbocycles. The Balaban J connectivity index is 1.51. The molecule has 1 fully saturated rings. The number of hydrogen-bond acceptors (Lipinski definition) is 3. The van der Waals surface area contributed by atoms with Crippen LogP contribution in [0.1, 0.15) is 30.9 Å². The van der Waals surface area contributed by atoms with Crippen molar-refractivity contribution in [3.8, 4) is 0 Å². The first kappa shape index (κ1) is 22.5. The van der Waals surface area contributed by atoms with Crippen LogP contribution in [0.25, 0.3) is 0 Å². The number of carbonyl (C=O) groups excluding carboxylic acids is 3. The third-order valence-corrected chi connectivity index (χ3v) is 5.48. The summed E-state index contributed by atoms with van der Waals surface area (Å²) >= 11 is 0. The molecule has 3 rings (SSSR count). The minimum atomic E-state index is -0.667. The molecular formula is C24H28FN3O3. The molecule has 0 spiro atoms. The van der Waals surface area contributed by atoms with Crippen molar-refractivity contribution in [3.05, 3.63) is 71.5 Å². The quantitative estimate of drug-likeness (QED) is 0.496. The summed E-state index contributed by atoms with van der Waals surface area (Å²) in [6, 6.07) is 15.2. The van der Waals surface area contributed by atoms with E-state index >= 15 is 0 Å². The van der Waals surface area contributed by atoms with Crippen molar-refractivity contribution in [1.82, 2.24) is 15.1 Å². The highest BCUT2D eigenvalue weighted by atomic mass is 19.1. The van der Waals surface area contributed by atoms with Crippen molar-refractivity contribution in [2.45, 2.75) is 38.8 Å². The standard InChI is InChI=1S/C24H28FN3O3/c1-2-21(22(29)26-14-6-9-18-7-4-3-5-8-18)28-16-15-27(23(30)24(28)31)17-19-10-12-20(25)13-11-19/h3-5,7-8,10-13,21H,2,6,9,14-17H2,1H3,(H,26,29)/t21-/m0/s1. The maximum Gasteiger partial charge on any atom is 0.312 e. The molecule has 0 unspecified atom stereocenters. The fraction of sp³-hybridized carbons (Fsp3) is 0.375. The highest BCUT2D eigenvalue weighted by molar-refractivity contribution is 6.35. The largest absolute Gasteiger partial charge is 0.354 e. The molecule has 1 N–H and O–H groups in total. The highest BCUT2D eigenvalue weighted by Crippen LogP contribution is 2.15. The average molecular weight is 426 g/mol. The SMILES string of the molecule is CC[C@@H](C(=O)NCCCc1ccccc1)N1CCN(Cc2ccc(F)cc2)C(=O)C1=O. The Hall–Kier alpha value is -3.22. The topological polar surface area (TPSA) is 69.7 Å². The number of piperazine rings is 1. The van der Waals surface area contributed by atoms with Crippen LogP contribution < -0.4 is 5.32 Å². The minimum Gasteiger partial charge on any atom is -0.354 e. The van der Waals surface area contributed by atoms with Gasteiger partial charge in [-0.2, -0.15) is 0 Å². The third kappa shape index (κ3) is 5.90. The van der Waals surface area contributed by atoms with Gasteiger partial charge in [-0.15, -0.1) is 0 Å². The van der Waals surface area contributed by atoms with E-state index in [1.807, 2.05) is 37.3 Å². The van der Waals surface area contributed by atoms with E-state index < -0.39 is 17.9 Å². The summed E-state index contributed by atoms with van der Waals surface area (Å²) in [5.74, 6) is -1.88. The van der Waals surface area contributed by atoms with Crippen LogP contribution in [0.2, 0.25) is 0 Å². The monoisotopic (exact) mass is 425 g/mol. The summed E-state index contributed by atoms with van der Waals surface area (Å²) < 4.78 is 13.1. The van der Waals surface area contributed by atoms with Crippen LogP contribution in [0, 0.1) is 5.82 Å².